The average molecular weight is 238 g/mol. The summed E-state index contributed by atoms with van der Waals surface area (Å²) >= 11 is 0. The molecular formula is C14H14N4. The lowest BCUT2D eigenvalue weighted by atomic mass is 10.3. The molecule has 3 aromatic rings. The van der Waals surface area contributed by atoms with Gasteiger partial charge in [0.15, 0.2) is 11.5 Å². The van der Waals surface area contributed by atoms with Crippen molar-refractivity contribution in [2.75, 3.05) is 0 Å². The summed E-state index contributed by atoms with van der Waals surface area (Å²) in [6.07, 6.45) is 4.64. The van der Waals surface area contributed by atoms with E-state index in [0.29, 0.717) is 0 Å². The van der Waals surface area contributed by atoms with Crippen molar-refractivity contribution in [1.82, 2.24) is 19.5 Å². The van der Waals surface area contributed by atoms with Gasteiger partial charge in [-0.3, -0.25) is 4.98 Å². The monoisotopic (exact) mass is 238 g/mol. The first-order valence-electron chi connectivity index (χ1n) is 6.13. The molecule has 0 saturated heterocycles. The fourth-order valence-electron chi connectivity index (χ4n) is 2.08. The van der Waals surface area contributed by atoms with Crippen LogP contribution in [0.25, 0.3) is 22.7 Å². The van der Waals surface area contributed by atoms with Gasteiger partial charge in [-0.1, -0.05) is 13.0 Å². The van der Waals surface area contributed by atoms with Gasteiger partial charge in [0.25, 0.3) is 0 Å². The Hall–Kier alpha value is -2.23. The minimum Gasteiger partial charge on any atom is -0.307 e. The van der Waals surface area contributed by atoms with E-state index < -0.39 is 0 Å². The quantitative estimate of drug-likeness (QED) is 0.704. The van der Waals surface area contributed by atoms with Crippen LogP contribution < -0.4 is 0 Å². The highest BCUT2D eigenvalue weighted by molar-refractivity contribution is 5.76. The topological polar surface area (TPSA) is 43.6 Å². The van der Waals surface area contributed by atoms with Crippen LogP contribution in [0, 0.1) is 0 Å². The number of pyridine rings is 2. The van der Waals surface area contributed by atoms with Crippen molar-refractivity contribution in [3.8, 4) is 11.5 Å². The molecule has 0 N–H and O–H groups in total. The van der Waals surface area contributed by atoms with E-state index in [4.69, 9.17) is 0 Å². The number of hydrogen-bond acceptors (Lipinski definition) is 3. The maximum absolute atomic E-state index is 4.64. The Balaban J connectivity index is 2.25. The minimum absolute atomic E-state index is 0.893. The lowest BCUT2D eigenvalue weighted by Crippen LogP contribution is -2.01. The van der Waals surface area contributed by atoms with Crippen molar-refractivity contribution in [3.05, 3.63) is 42.7 Å². The van der Waals surface area contributed by atoms with E-state index >= 15 is 0 Å². The van der Waals surface area contributed by atoms with E-state index in [9.17, 15) is 0 Å². The van der Waals surface area contributed by atoms with Gasteiger partial charge < -0.3 is 4.57 Å². The van der Waals surface area contributed by atoms with E-state index in [2.05, 4.69) is 26.4 Å². The Bertz CT molecular complexity index is 658. The molecule has 0 aliphatic heterocycles. The number of nitrogens with zero attached hydrogens (tertiary/aromatic N) is 4. The Kier molecular flexibility index (Phi) is 2.76. The highest BCUT2D eigenvalue weighted by Gasteiger charge is 2.12. The molecule has 90 valence electrons. The van der Waals surface area contributed by atoms with Crippen molar-refractivity contribution in [2.45, 2.75) is 19.9 Å². The third-order valence-electron chi connectivity index (χ3n) is 2.84. The summed E-state index contributed by atoms with van der Waals surface area (Å²) in [5.41, 5.74) is 2.75. The van der Waals surface area contributed by atoms with Crippen molar-refractivity contribution in [1.29, 1.82) is 0 Å². The van der Waals surface area contributed by atoms with Gasteiger partial charge in [-0.15, -0.1) is 0 Å². The molecule has 0 atom stereocenters. The number of rotatable bonds is 3. The molecular weight excluding hydrogens is 224 g/mol. The molecule has 0 aromatic carbocycles. The van der Waals surface area contributed by atoms with Gasteiger partial charge in [0.2, 0.25) is 0 Å². The summed E-state index contributed by atoms with van der Waals surface area (Å²) in [4.78, 5) is 13.4. The normalized spacial score (nSPS) is 10.9. The second-order valence-corrected chi connectivity index (χ2v) is 4.15. The van der Waals surface area contributed by atoms with Gasteiger partial charge in [0.1, 0.15) is 11.2 Å². The number of aryl methyl sites for hydroxylation is 1. The van der Waals surface area contributed by atoms with Crippen LogP contribution in [0.3, 0.4) is 0 Å². The predicted octanol–water partition coefficient (Wildman–Crippen LogP) is 2.90. The van der Waals surface area contributed by atoms with Gasteiger partial charge in [-0.25, -0.2) is 9.97 Å². The minimum atomic E-state index is 0.893. The Labute approximate surface area is 105 Å². The van der Waals surface area contributed by atoms with Crippen LogP contribution in [0.15, 0.2) is 42.7 Å². The summed E-state index contributed by atoms with van der Waals surface area (Å²) in [6.45, 7) is 3.05. The molecule has 0 unspecified atom stereocenters. The van der Waals surface area contributed by atoms with Gasteiger partial charge in [0.05, 0.1) is 0 Å². The molecule has 0 aliphatic carbocycles. The number of hydrogen-bond donors (Lipinski definition) is 0. The Morgan fingerprint density at radius 3 is 2.72 bits per heavy atom. The highest BCUT2D eigenvalue weighted by Crippen LogP contribution is 2.21. The molecule has 3 heterocycles. The van der Waals surface area contributed by atoms with Crippen LogP contribution in [0.5, 0.6) is 0 Å². The molecule has 0 fully saturated rings. The fourth-order valence-corrected chi connectivity index (χ4v) is 2.08. The van der Waals surface area contributed by atoms with Crippen LogP contribution in [0.4, 0.5) is 0 Å². The van der Waals surface area contributed by atoms with Crippen LogP contribution in [-0.4, -0.2) is 19.5 Å². The summed E-state index contributed by atoms with van der Waals surface area (Å²) in [6, 6.07) is 9.77. The molecule has 3 rings (SSSR count). The van der Waals surface area contributed by atoms with Gasteiger partial charge >= 0.3 is 0 Å². The maximum Gasteiger partial charge on any atom is 0.161 e. The molecule has 0 saturated carbocycles. The predicted molar refractivity (Wildman–Crippen MR) is 71.1 cm³/mol. The molecule has 3 aromatic heterocycles. The van der Waals surface area contributed by atoms with Crippen molar-refractivity contribution >= 4 is 11.2 Å². The first-order chi connectivity index (χ1) is 8.90. The average Bonchev–Trinajstić information content (AvgIpc) is 2.80. The first-order valence-corrected chi connectivity index (χ1v) is 6.13. The fraction of sp³-hybridized carbons (Fsp3) is 0.214. The highest BCUT2D eigenvalue weighted by atomic mass is 15.1. The lowest BCUT2D eigenvalue weighted by Gasteiger charge is -2.05. The van der Waals surface area contributed by atoms with Gasteiger partial charge in [-0.05, 0) is 30.7 Å². The lowest BCUT2D eigenvalue weighted by molar-refractivity contribution is 0.697. The van der Waals surface area contributed by atoms with Crippen molar-refractivity contribution < 1.29 is 0 Å². The van der Waals surface area contributed by atoms with Crippen molar-refractivity contribution in [3.63, 3.8) is 0 Å². The molecule has 0 aliphatic rings. The number of fused-ring (bicyclic) bond motifs is 1. The van der Waals surface area contributed by atoms with Crippen LogP contribution in [0.1, 0.15) is 13.3 Å². The standard InChI is InChI=1S/C14H14N4/c1-2-10-18-13-12(7-5-9-16-13)17-14(18)11-6-3-4-8-15-11/h3-9H,2,10H2,1H3. The number of imidazole rings is 1. The van der Waals surface area contributed by atoms with Gasteiger partial charge in [-0.2, -0.15) is 0 Å². The van der Waals surface area contributed by atoms with E-state index in [-0.39, 0.29) is 0 Å². The smallest absolute Gasteiger partial charge is 0.161 e. The molecule has 0 spiro atoms. The molecule has 4 heteroatoms. The summed E-state index contributed by atoms with van der Waals surface area (Å²) in [7, 11) is 0. The van der Waals surface area contributed by atoms with E-state index in [1.807, 2.05) is 30.3 Å². The van der Waals surface area contributed by atoms with Crippen LogP contribution >= 0.6 is 0 Å². The van der Waals surface area contributed by atoms with Crippen LogP contribution in [0.2, 0.25) is 0 Å². The second kappa shape index (κ2) is 4.56. The maximum atomic E-state index is 4.64. The molecule has 0 amide bonds. The van der Waals surface area contributed by atoms with Gasteiger partial charge in [0, 0.05) is 18.9 Å². The van der Waals surface area contributed by atoms with Crippen LogP contribution in [-0.2, 0) is 6.54 Å². The molecule has 0 radical (unpaired) electrons. The third-order valence-corrected chi connectivity index (χ3v) is 2.84. The molecule has 0 bridgehead atoms. The third kappa shape index (κ3) is 1.76. The zero-order valence-corrected chi connectivity index (χ0v) is 10.2. The second-order valence-electron chi connectivity index (χ2n) is 4.15. The Morgan fingerprint density at radius 1 is 1.06 bits per heavy atom. The molecule has 4 nitrogen and oxygen atoms in total. The Morgan fingerprint density at radius 2 is 1.94 bits per heavy atom. The van der Waals surface area contributed by atoms with Crippen molar-refractivity contribution in [2.24, 2.45) is 0 Å². The summed E-state index contributed by atoms with van der Waals surface area (Å²) in [5, 5.41) is 0. The van der Waals surface area contributed by atoms with E-state index in [1.165, 1.54) is 0 Å². The van der Waals surface area contributed by atoms with E-state index in [1.54, 1.807) is 12.4 Å². The largest absolute Gasteiger partial charge is 0.307 e. The zero-order valence-electron chi connectivity index (χ0n) is 10.2. The molecule has 18 heavy (non-hydrogen) atoms. The summed E-state index contributed by atoms with van der Waals surface area (Å²) < 4.78 is 2.14. The SMILES string of the molecule is CCCn1c(-c2ccccn2)nc2cccnc21. The van der Waals surface area contributed by atoms with E-state index in [0.717, 1.165) is 35.6 Å². The number of aromatic nitrogens is 4. The summed E-state index contributed by atoms with van der Waals surface area (Å²) in [5.74, 6) is 0.895. The zero-order chi connectivity index (χ0) is 12.4. The first kappa shape index (κ1) is 10.9.